The molecular formula is C26H49N7O12. The van der Waals surface area contributed by atoms with E-state index in [0.29, 0.717) is 6.54 Å². The van der Waals surface area contributed by atoms with Crippen LogP contribution in [-0.2, 0) is 23.7 Å². The molecule has 1 amide bonds. The van der Waals surface area contributed by atoms with E-state index >= 15 is 0 Å². The molecule has 45 heavy (non-hydrogen) atoms. The number of hydrogen-bond donors (Lipinski definition) is 13. The summed E-state index contributed by atoms with van der Waals surface area (Å²) in [4.78, 5) is 17.0. The second-order valence-corrected chi connectivity index (χ2v) is 12.5. The Hall–Kier alpha value is -1.82. The van der Waals surface area contributed by atoms with E-state index in [9.17, 15) is 40.5 Å². The van der Waals surface area contributed by atoms with E-state index in [1.54, 1.807) is 0 Å². The van der Waals surface area contributed by atoms with E-state index in [4.69, 9.17) is 36.1 Å². The number of aliphatic hydroxyl groups excluding tert-OH is 5. The summed E-state index contributed by atoms with van der Waals surface area (Å²) in [7, 11) is 1.53. The van der Waals surface area contributed by atoms with Crippen LogP contribution >= 0.6 is 0 Å². The van der Waals surface area contributed by atoms with Crippen LogP contribution < -0.4 is 33.2 Å². The topological polar surface area (TPSA) is 322 Å². The maximum absolute atomic E-state index is 13.2. The van der Waals surface area contributed by atoms with Gasteiger partial charge in [0, 0.05) is 19.0 Å². The lowest BCUT2D eigenvalue weighted by Crippen LogP contribution is -2.70. The molecule has 0 aromatic carbocycles. The van der Waals surface area contributed by atoms with Crippen LogP contribution in [0, 0.1) is 0 Å². The fourth-order valence-corrected chi connectivity index (χ4v) is 6.20. The van der Waals surface area contributed by atoms with E-state index < -0.39 is 103 Å². The van der Waals surface area contributed by atoms with E-state index in [-0.39, 0.29) is 32.0 Å². The lowest BCUT2D eigenvalue weighted by atomic mass is 9.83. The molecule has 2 aliphatic carbocycles. The average molecular weight is 652 g/mol. The normalized spacial score (nSPS) is 48.4. The van der Waals surface area contributed by atoms with Gasteiger partial charge in [0.2, 0.25) is 0 Å². The van der Waals surface area contributed by atoms with Crippen LogP contribution in [-0.4, -0.2) is 171 Å². The summed E-state index contributed by atoms with van der Waals surface area (Å²) in [5, 5.41) is 83.9. The zero-order valence-electron chi connectivity index (χ0n) is 25.5. The Balaban J connectivity index is 1.56. The molecule has 16 N–H and O–H groups in total. The first-order valence-electron chi connectivity index (χ1n) is 15.0. The van der Waals surface area contributed by atoms with E-state index in [1.807, 2.05) is 6.92 Å². The largest absolute Gasteiger partial charge is 0.388 e. The molecule has 2 heterocycles. The molecule has 0 radical (unpaired) electrons. The number of nitrogens with zero attached hydrogens (tertiary/aromatic N) is 1. The van der Waals surface area contributed by atoms with Crippen LogP contribution in [0.1, 0.15) is 26.7 Å². The molecule has 2 saturated carbocycles. The van der Waals surface area contributed by atoms with Crippen molar-refractivity contribution < 1.29 is 59.5 Å². The van der Waals surface area contributed by atoms with Gasteiger partial charge in [0.05, 0.1) is 24.7 Å². The van der Waals surface area contributed by atoms with Crippen molar-refractivity contribution in [3.05, 3.63) is 0 Å². The summed E-state index contributed by atoms with van der Waals surface area (Å²) in [5.74, 6) is -1.17. The number of nitrogens with one attached hydrogen (secondary N) is 3. The molecule has 3 unspecified atom stereocenters. The number of hydrogen-bond acceptors (Lipinski definition) is 16. The lowest BCUT2D eigenvalue weighted by Gasteiger charge is -2.49. The van der Waals surface area contributed by atoms with Gasteiger partial charge in [-0.3, -0.25) is 4.79 Å². The van der Waals surface area contributed by atoms with Crippen molar-refractivity contribution in [1.82, 2.24) is 16.0 Å². The second kappa shape index (κ2) is 14.1. The standard InChI is InChI=1S/C26H49N7O12/c1-4-31-7-11-13(34)14(35)15(36)22(43-11)44-18-9(27)5-10(32-23(39)26(41)6-12(26)33-24(28)29)19(16(18)37)45-21-17(38)20(30-3)25(2,40)8-42-21/h9-22,30-31,34-38,40-41H,4-8,27H2,1-3H3,(H,32,39)(H4,28,29,33)/t9-,10+,11+,12?,13+,14-,15+,16-,17+,18?,19-,20+,21+,22+,25-,26?/m0/s1. The molecule has 4 fully saturated rings. The maximum atomic E-state index is 13.2. The monoisotopic (exact) mass is 651 g/mol. The van der Waals surface area contributed by atoms with Crippen LogP contribution in [0.3, 0.4) is 0 Å². The second-order valence-electron chi connectivity index (χ2n) is 12.5. The molecule has 0 spiro atoms. The van der Waals surface area contributed by atoms with Crippen LogP contribution in [0.25, 0.3) is 0 Å². The third kappa shape index (κ3) is 7.52. The molecule has 19 nitrogen and oxygen atoms in total. The molecular weight excluding hydrogens is 602 g/mol. The number of likely N-dealkylation sites (N-methyl/N-ethyl adjacent to an activating group) is 2. The minimum absolute atomic E-state index is 0.0577. The van der Waals surface area contributed by atoms with Crippen LogP contribution in [0.2, 0.25) is 0 Å². The van der Waals surface area contributed by atoms with Crippen molar-refractivity contribution in [2.75, 3.05) is 26.7 Å². The van der Waals surface area contributed by atoms with Gasteiger partial charge in [0.25, 0.3) is 5.91 Å². The Morgan fingerprint density at radius 2 is 1.67 bits per heavy atom. The van der Waals surface area contributed by atoms with E-state index in [0.717, 1.165) is 0 Å². The van der Waals surface area contributed by atoms with E-state index in [2.05, 4.69) is 20.9 Å². The van der Waals surface area contributed by atoms with Gasteiger partial charge < -0.3 is 87.8 Å². The van der Waals surface area contributed by atoms with Gasteiger partial charge in [-0.05, 0) is 26.9 Å². The number of nitrogens with two attached hydrogens (primary N) is 3. The summed E-state index contributed by atoms with van der Waals surface area (Å²) in [6, 6.07) is -3.89. The molecule has 0 aromatic heterocycles. The maximum Gasteiger partial charge on any atom is 0.254 e. The van der Waals surface area contributed by atoms with Crippen LogP contribution in [0.4, 0.5) is 0 Å². The molecule has 260 valence electrons. The molecule has 2 aliphatic heterocycles. The van der Waals surface area contributed by atoms with Crippen molar-refractivity contribution in [2.24, 2.45) is 22.2 Å². The fraction of sp³-hybridized carbons (Fsp3) is 0.923. The van der Waals surface area contributed by atoms with Gasteiger partial charge in [-0.2, -0.15) is 0 Å². The van der Waals surface area contributed by atoms with Crippen molar-refractivity contribution in [1.29, 1.82) is 0 Å². The van der Waals surface area contributed by atoms with Crippen molar-refractivity contribution in [3.63, 3.8) is 0 Å². The summed E-state index contributed by atoms with van der Waals surface area (Å²) in [6.07, 6.45) is -14.7. The molecule has 4 rings (SSSR count). The number of carbonyl (C=O) groups is 1. The lowest BCUT2D eigenvalue weighted by molar-refractivity contribution is -0.330. The number of amides is 1. The molecule has 16 atom stereocenters. The minimum Gasteiger partial charge on any atom is -0.388 e. The Morgan fingerprint density at radius 3 is 2.29 bits per heavy atom. The number of carbonyl (C=O) groups excluding carboxylic acids is 1. The predicted octanol–water partition coefficient (Wildman–Crippen LogP) is -7.42. The Kier molecular flexibility index (Phi) is 11.3. The predicted molar refractivity (Wildman–Crippen MR) is 154 cm³/mol. The summed E-state index contributed by atoms with van der Waals surface area (Å²) >= 11 is 0. The van der Waals surface area contributed by atoms with Crippen molar-refractivity contribution >= 4 is 11.9 Å². The summed E-state index contributed by atoms with van der Waals surface area (Å²) < 4.78 is 23.3. The number of ether oxygens (including phenoxy) is 4. The fourth-order valence-electron chi connectivity index (χ4n) is 6.20. The minimum atomic E-state index is -1.92. The Bertz CT molecular complexity index is 1060. The number of guanidine groups is 1. The average Bonchev–Trinajstić information content (AvgIpc) is 3.62. The van der Waals surface area contributed by atoms with Crippen LogP contribution in [0.15, 0.2) is 4.99 Å². The highest BCUT2D eigenvalue weighted by Gasteiger charge is 2.61. The van der Waals surface area contributed by atoms with E-state index in [1.165, 1.54) is 14.0 Å². The summed E-state index contributed by atoms with van der Waals surface area (Å²) in [5.41, 5.74) is 13.8. The van der Waals surface area contributed by atoms with Gasteiger partial charge in [-0.1, -0.05) is 6.92 Å². The SMILES string of the molecule is CCNC[C@H]1O[C@H](OC2[C@@H](N)C[C@@H](NC(=O)C3(O)CC3N=C(N)N)[C@H](O[C@H]3OC[C@](C)(O)[C@H](NC)[C@H]3O)[C@H]2O)[C@H](O)[C@@H](O)[C@@H]1O. The quantitative estimate of drug-likeness (QED) is 0.0728. The van der Waals surface area contributed by atoms with Gasteiger partial charge in [0.15, 0.2) is 24.1 Å². The van der Waals surface area contributed by atoms with Gasteiger partial charge >= 0.3 is 0 Å². The molecule has 0 aromatic rings. The first kappa shape index (κ1) is 36.0. The highest BCUT2D eigenvalue weighted by Crippen LogP contribution is 2.40. The molecule has 0 bridgehead atoms. The summed E-state index contributed by atoms with van der Waals surface area (Å²) in [6.45, 7) is 3.70. The zero-order chi connectivity index (χ0) is 33.4. The van der Waals surface area contributed by atoms with Crippen LogP contribution in [0.5, 0.6) is 0 Å². The molecule has 19 heteroatoms. The Labute approximate surface area is 260 Å². The Morgan fingerprint density at radius 1 is 1.00 bits per heavy atom. The third-order valence-corrected chi connectivity index (χ3v) is 8.92. The molecule has 2 saturated heterocycles. The van der Waals surface area contributed by atoms with Gasteiger partial charge in [0.1, 0.15) is 54.4 Å². The first-order chi connectivity index (χ1) is 21.0. The smallest absolute Gasteiger partial charge is 0.254 e. The first-order valence-corrected chi connectivity index (χ1v) is 15.0. The van der Waals surface area contributed by atoms with Gasteiger partial charge in [-0.25, -0.2) is 4.99 Å². The van der Waals surface area contributed by atoms with Gasteiger partial charge in [-0.15, -0.1) is 0 Å². The number of aliphatic hydroxyl groups is 7. The van der Waals surface area contributed by atoms with Crippen molar-refractivity contribution in [3.8, 4) is 0 Å². The zero-order valence-corrected chi connectivity index (χ0v) is 25.5. The number of rotatable bonds is 11. The third-order valence-electron chi connectivity index (χ3n) is 8.92. The highest BCUT2D eigenvalue weighted by molar-refractivity contribution is 5.90. The molecule has 4 aliphatic rings. The highest BCUT2D eigenvalue weighted by atomic mass is 16.7. The van der Waals surface area contributed by atoms with Crippen molar-refractivity contribution in [2.45, 2.75) is 123 Å². The number of aliphatic imine (C=N–C) groups is 1.